The first kappa shape index (κ1) is 28.4. The normalized spacial score (nSPS) is 11.5. The van der Waals surface area contributed by atoms with Gasteiger partial charge in [0.15, 0.2) is 0 Å². The third-order valence-corrected chi connectivity index (χ3v) is 8.75. The molecule has 4 aromatic rings. The lowest BCUT2D eigenvalue weighted by Gasteiger charge is -2.24. The van der Waals surface area contributed by atoms with Crippen molar-refractivity contribution in [2.75, 3.05) is 18.0 Å². The zero-order valence-corrected chi connectivity index (χ0v) is 24.6. The van der Waals surface area contributed by atoms with E-state index < -0.39 is 22.5 Å². The summed E-state index contributed by atoms with van der Waals surface area (Å²) < 4.78 is 36.2. The van der Waals surface area contributed by atoms with Crippen molar-refractivity contribution in [3.8, 4) is 11.4 Å². The number of nitrogens with one attached hydrogen (secondary N) is 1. The van der Waals surface area contributed by atoms with Crippen LogP contribution in [0.2, 0.25) is 5.02 Å². The minimum Gasteiger partial charge on any atom is -0.495 e. The van der Waals surface area contributed by atoms with Crippen LogP contribution in [0.4, 0.5) is 5.69 Å². The number of halogens is 2. The van der Waals surface area contributed by atoms with Crippen LogP contribution < -0.4 is 14.5 Å². The summed E-state index contributed by atoms with van der Waals surface area (Å²) in [7, 11) is -2.63. The van der Waals surface area contributed by atoms with Crippen LogP contribution >= 0.6 is 27.5 Å². The molecule has 202 valence electrons. The smallest absolute Gasteiger partial charge is 0.264 e. The molecule has 0 atom stereocenters. The summed E-state index contributed by atoms with van der Waals surface area (Å²) in [6, 6.07) is 22.2. The van der Waals surface area contributed by atoms with Gasteiger partial charge in [0.2, 0.25) is 0 Å². The van der Waals surface area contributed by atoms with Crippen LogP contribution in [0, 0.1) is 13.8 Å². The fourth-order valence-corrected chi connectivity index (χ4v) is 6.25. The van der Waals surface area contributed by atoms with Gasteiger partial charge in [0.1, 0.15) is 12.3 Å². The summed E-state index contributed by atoms with van der Waals surface area (Å²) in [5.74, 6) is -0.246. The Labute approximate surface area is 241 Å². The maximum atomic E-state index is 13.5. The molecule has 39 heavy (non-hydrogen) atoms. The van der Waals surface area contributed by atoms with E-state index in [9.17, 15) is 13.2 Å². The molecule has 0 radical (unpaired) electrons. The molecule has 1 aromatic heterocycles. The summed E-state index contributed by atoms with van der Waals surface area (Å²) in [5.41, 5.74) is 6.36. The lowest BCUT2D eigenvalue weighted by Crippen LogP contribution is -2.39. The van der Waals surface area contributed by atoms with E-state index in [-0.39, 0.29) is 15.6 Å². The molecule has 0 bridgehead atoms. The average molecular weight is 630 g/mol. The van der Waals surface area contributed by atoms with Crippen LogP contribution in [0.25, 0.3) is 5.69 Å². The summed E-state index contributed by atoms with van der Waals surface area (Å²) in [4.78, 5) is 13.0. The molecule has 0 fully saturated rings. The molecule has 4 rings (SSSR count). The lowest BCUT2D eigenvalue weighted by molar-refractivity contribution is -0.119. The molecule has 0 saturated carbocycles. The van der Waals surface area contributed by atoms with E-state index in [2.05, 4.69) is 31.0 Å². The fourth-order valence-electron chi connectivity index (χ4n) is 4.11. The maximum absolute atomic E-state index is 13.5. The molecular formula is C28H26BrClN4O4S. The van der Waals surface area contributed by atoms with Gasteiger partial charge in [-0.25, -0.2) is 13.8 Å². The molecule has 3 aromatic carbocycles. The molecule has 11 heteroatoms. The van der Waals surface area contributed by atoms with Crippen molar-refractivity contribution in [2.45, 2.75) is 18.7 Å². The molecule has 1 amide bonds. The number of aryl methyl sites for hydroxylation is 1. The number of nitrogens with zero attached hydrogens (tertiary/aromatic N) is 3. The Balaban J connectivity index is 1.58. The molecule has 1 heterocycles. The fraction of sp³-hybridized carbons (Fsp3) is 0.143. The van der Waals surface area contributed by atoms with E-state index in [0.717, 1.165) is 31.4 Å². The minimum atomic E-state index is -4.09. The van der Waals surface area contributed by atoms with E-state index in [1.165, 1.54) is 37.6 Å². The van der Waals surface area contributed by atoms with Crippen LogP contribution in [0.1, 0.15) is 17.0 Å². The second-order valence-electron chi connectivity index (χ2n) is 8.55. The summed E-state index contributed by atoms with van der Waals surface area (Å²) in [5, 5.41) is 4.31. The number of carbonyl (C=O) groups is 1. The Bertz CT molecular complexity index is 1640. The predicted molar refractivity (Wildman–Crippen MR) is 158 cm³/mol. The molecule has 0 spiro atoms. The highest BCUT2D eigenvalue weighted by Crippen LogP contribution is 2.32. The Kier molecular flexibility index (Phi) is 8.79. The number of anilines is 1. The largest absolute Gasteiger partial charge is 0.495 e. The van der Waals surface area contributed by atoms with Gasteiger partial charge >= 0.3 is 0 Å². The second kappa shape index (κ2) is 12.1. The van der Waals surface area contributed by atoms with E-state index in [4.69, 9.17) is 16.3 Å². The number of rotatable bonds is 9. The second-order valence-corrected chi connectivity index (χ2v) is 11.7. The van der Waals surface area contributed by atoms with Gasteiger partial charge in [-0.15, -0.1) is 0 Å². The number of benzene rings is 3. The van der Waals surface area contributed by atoms with Gasteiger partial charge in [0.05, 0.1) is 34.6 Å². The Morgan fingerprint density at radius 2 is 1.77 bits per heavy atom. The van der Waals surface area contributed by atoms with Gasteiger partial charge in [-0.3, -0.25) is 9.10 Å². The number of aromatic nitrogens is 1. The van der Waals surface area contributed by atoms with Crippen LogP contribution in [-0.2, 0) is 14.8 Å². The number of para-hydroxylation sites is 1. The molecule has 1 N–H and O–H groups in total. The number of ether oxygens (including phenoxy) is 1. The first-order chi connectivity index (χ1) is 18.6. The van der Waals surface area contributed by atoms with Crippen molar-refractivity contribution in [2.24, 2.45) is 5.10 Å². The van der Waals surface area contributed by atoms with Crippen LogP contribution in [-0.4, -0.2) is 38.8 Å². The summed E-state index contributed by atoms with van der Waals surface area (Å²) >= 11 is 9.85. The zero-order valence-electron chi connectivity index (χ0n) is 21.4. The minimum absolute atomic E-state index is 0.0350. The van der Waals surface area contributed by atoms with Crippen molar-refractivity contribution in [1.29, 1.82) is 0 Å². The monoisotopic (exact) mass is 628 g/mol. The van der Waals surface area contributed by atoms with Gasteiger partial charge in [0, 0.05) is 21.4 Å². The highest BCUT2D eigenvalue weighted by molar-refractivity contribution is 9.10. The van der Waals surface area contributed by atoms with Gasteiger partial charge in [0.25, 0.3) is 15.9 Å². The van der Waals surface area contributed by atoms with E-state index in [0.29, 0.717) is 5.75 Å². The molecule has 0 aliphatic rings. The van der Waals surface area contributed by atoms with Crippen molar-refractivity contribution >= 4 is 55.4 Å². The number of methoxy groups -OCH3 is 1. The number of hydrazone groups is 1. The van der Waals surface area contributed by atoms with E-state index in [1.54, 1.807) is 24.3 Å². The van der Waals surface area contributed by atoms with Gasteiger partial charge in [-0.1, -0.05) is 41.9 Å². The third kappa shape index (κ3) is 6.19. The zero-order chi connectivity index (χ0) is 28.2. The van der Waals surface area contributed by atoms with Gasteiger partial charge < -0.3 is 9.30 Å². The summed E-state index contributed by atoms with van der Waals surface area (Å²) in [6.07, 6.45) is 1.54. The number of hydrogen-bond donors (Lipinski definition) is 1. The van der Waals surface area contributed by atoms with Crippen LogP contribution in [0.15, 0.2) is 93.3 Å². The Hall–Kier alpha value is -3.60. The van der Waals surface area contributed by atoms with Crippen LogP contribution in [0.3, 0.4) is 0 Å². The molecule has 0 aliphatic heterocycles. The highest BCUT2D eigenvalue weighted by atomic mass is 79.9. The summed E-state index contributed by atoms with van der Waals surface area (Å²) in [6.45, 7) is 3.42. The number of amides is 1. The van der Waals surface area contributed by atoms with Crippen molar-refractivity contribution in [3.63, 3.8) is 0 Å². The molecular weight excluding hydrogens is 604 g/mol. The SMILES string of the molecule is COc1ccc(N(CC(=O)N/N=C\c2cc(C)n(-c3ccccc3Br)c2C)S(=O)(=O)c2ccccc2)cc1Cl. The molecule has 8 nitrogen and oxygen atoms in total. The topological polar surface area (TPSA) is 93.0 Å². The standard InChI is InChI=1S/C28H26BrClN4O4S/c1-19-15-21(20(2)34(19)26-12-8-7-11-24(26)29)17-31-32-28(35)18-33(22-13-14-27(38-3)25(30)16-22)39(36,37)23-9-5-4-6-10-23/h4-17H,18H2,1-3H3,(H,32,35)/b31-17-. The first-order valence-corrected chi connectivity index (χ1v) is 14.4. The Morgan fingerprint density at radius 3 is 2.44 bits per heavy atom. The molecule has 0 unspecified atom stereocenters. The van der Waals surface area contributed by atoms with Crippen molar-refractivity contribution in [3.05, 3.63) is 105 Å². The van der Waals surface area contributed by atoms with Crippen molar-refractivity contribution in [1.82, 2.24) is 9.99 Å². The highest BCUT2D eigenvalue weighted by Gasteiger charge is 2.27. The molecule has 0 aliphatic carbocycles. The Morgan fingerprint density at radius 1 is 1.08 bits per heavy atom. The average Bonchev–Trinajstić information content (AvgIpc) is 3.20. The lowest BCUT2D eigenvalue weighted by atomic mass is 10.2. The van der Waals surface area contributed by atoms with Crippen LogP contribution in [0.5, 0.6) is 5.75 Å². The van der Waals surface area contributed by atoms with Gasteiger partial charge in [-0.05, 0) is 78.3 Å². The quantitative estimate of drug-likeness (QED) is 0.185. The molecule has 0 saturated heterocycles. The number of carbonyl (C=O) groups excluding carboxylic acids is 1. The third-order valence-electron chi connectivity index (χ3n) is 6.00. The van der Waals surface area contributed by atoms with Crippen molar-refractivity contribution < 1.29 is 17.9 Å². The first-order valence-electron chi connectivity index (χ1n) is 11.8. The predicted octanol–water partition coefficient (Wildman–Crippen LogP) is 5.86. The number of hydrogen-bond acceptors (Lipinski definition) is 5. The maximum Gasteiger partial charge on any atom is 0.264 e. The van der Waals surface area contributed by atoms with E-state index >= 15 is 0 Å². The van der Waals surface area contributed by atoms with Gasteiger partial charge in [-0.2, -0.15) is 5.10 Å². The number of sulfonamides is 1. The van der Waals surface area contributed by atoms with E-state index in [1.807, 2.05) is 44.2 Å².